The molecule has 0 N–H and O–H groups in total. The van der Waals surface area contributed by atoms with E-state index in [-0.39, 0.29) is 16.9 Å². The van der Waals surface area contributed by atoms with Crippen molar-refractivity contribution >= 4 is 27.6 Å². The van der Waals surface area contributed by atoms with Crippen LogP contribution in [-0.2, 0) is 0 Å². The first-order valence-corrected chi connectivity index (χ1v) is 14.1. The van der Waals surface area contributed by atoms with Crippen molar-refractivity contribution in [1.29, 1.82) is 0 Å². The molecule has 0 aliphatic heterocycles. The minimum Gasteiger partial charge on any atom is -0.268 e. The van der Waals surface area contributed by atoms with Crippen molar-refractivity contribution in [2.75, 3.05) is 0 Å². The van der Waals surface area contributed by atoms with E-state index < -0.39 is 0 Å². The summed E-state index contributed by atoms with van der Waals surface area (Å²) in [5.74, 6) is 1.74. The Hall–Kier alpha value is -6.28. The number of hydrogen-bond donors (Lipinski definition) is 0. The fraction of sp³-hybridized carbons (Fsp3) is 0. The van der Waals surface area contributed by atoms with Gasteiger partial charge in [-0.3, -0.25) is 9.59 Å². The van der Waals surface area contributed by atoms with Gasteiger partial charge in [-0.25, -0.2) is 28.9 Å². The third-order valence-electron chi connectivity index (χ3n) is 7.60. The number of hydrogen-bond acceptors (Lipinski definition) is 6. The summed E-state index contributed by atoms with van der Waals surface area (Å²) >= 11 is 0. The predicted octanol–water partition coefficient (Wildman–Crippen LogP) is 6.34. The molecule has 208 valence electrons. The number of para-hydroxylation sites is 2. The Morgan fingerprint density at radius 3 is 1.68 bits per heavy atom. The van der Waals surface area contributed by atoms with Crippen molar-refractivity contribution < 1.29 is 0 Å². The minimum absolute atomic E-state index is 0.222. The Kier molecular flexibility index (Phi) is 5.90. The standard InChI is InChI=1S/C36H22N6O2/c43-34-27-18-7-9-20-29(27)37-36-41(35(44)28-19-8-10-21-30(28)42(34)36)26-17-11-16-25(22-26)33-39-31(23-12-3-1-4-13-23)38-32(40-33)24-14-5-2-6-15-24/h1-22H. The highest BCUT2D eigenvalue weighted by molar-refractivity contribution is 5.85. The van der Waals surface area contributed by atoms with E-state index in [1.807, 2.05) is 103 Å². The van der Waals surface area contributed by atoms with Crippen LogP contribution in [0.2, 0.25) is 0 Å². The summed E-state index contributed by atoms with van der Waals surface area (Å²) in [4.78, 5) is 47.2. The molecule has 44 heavy (non-hydrogen) atoms. The van der Waals surface area contributed by atoms with Gasteiger partial charge in [0.25, 0.3) is 11.1 Å². The average molecular weight is 571 g/mol. The Labute approximate surface area is 250 Å². The Balaban J connectivity index is 1.40. The second kappa shape index (κ2) is 10.2. The largest absolute Gasteiger partial charge is 0.268 e. The molecule has 8 aromatic rings. The molecule has 3 aromatic heterocycles. The van der Waals surface area contributed by atoms with Gasteiger partial charge in [-0.2, -0.15) is 0 Å². The summed E-state index contributed by atoms with van der Waals surface area (Å²) in [6, 6.07) is 41.1. The highest BCUT2D eigenvalue weighted by Crippen LogP contribution is 2.26. The van der Waals surface area contributed by atoms with Crippen molar-refractivity contribution in [1.82, 2.24) is 28.9 Å². The number of fused-ring (bicyclic) bond motifs is 4. The van der Waals surface area contributed by atoms with Crippen LogP contribution in [0.15, 0.2) is 143 Å². The second-order valence-corrected chi connectivity index (χ2v) is 10.3. The molecular weight excluding hydrogens is 548 g/mol. The molecule has 0 saturated heterocycles. The Bertz CT molecular complexity index is 2430. The maximum absolute atomic E-state index is 14.1. The van der Waals surface area contributed by atoms with E-state index >= 15 is 0 Å². The van der Waals surface area contributed by atoms with Gasteiger partial charge in [0, 0.05) is 16.7 Å². The third kappa shape index (κ3) is 4.16. The summed E-state index contributed by atoms with van der Waals surface area (Å²) in [6.45, 7) is 0. The fourth-order valence-corrected chi connectivity index (χ4v) is 5.50. The van der Waals surface area contributed by atoms with Gasteiger partial charge < -0.3 is 0 Å². The lowest BCUT2D eigenvalue weighted by Gasteiger charge is -2.15. The molecule has 0 amide bonds. The molecular formula is C36H22N6O2. The third-order valence-corrected chi connectivity index (χ3v) is 7.60. The zero-order valence-electron chi connectivity index (χ0n) is 23.2. The molecule has 0 aliphatic carbocycles. The van der Waals surface area contributed by atoms with Crippen molar-refractivity contribution in [3.63, 3.8) is 0 Å². The summed E-state index contributed by atoms with van der Waals surface area (Å²) in [7, 11) is 0. The van der Waals surface area contributed by atoms with Crippen molar-refractivity contribution in [3.05, 3.63) is 154 Å². The van der Waals surface area contributed by atoms with Crippen LogP contribution in [0, 0.1) is 0 Å². The lowest BCUT2D eigenvalue weighted by Crippen LogP contribution is -2.28. The molecule has 0 radical (unpaired) electrons. The molecule has 0 fully saturated rings. The normalized spacial score (nSPS) is 11.4. The van der Waals surface area contributed by atoms with E-state index in [9.17, 15) is 9.59 Å². The lowest BCUT2D eigenvalue weighted by molar-refractivity contribution is 0.942. The van der Waals surface area contributed by atoms with E-state index in [4.69, 9.17) is 19.9 Å². The highest BCUT2D eigenvalue weighted by atomic mass is 16.1. The van der Waals surface area contributed by atoms with Crippen molar-refractivity contribution in [2.24, 2.45) is 0 Å². The maximum atomic E-state index is 14.1. The van der Waals surface area contributed by atoms with Gasteiger partial charge in [0.2, 0.25) is 5.78 Å². The van der Waals surface area contributed by atoms with Gasteiger partial charge in [0.05, 0.1) is 27.5 Å². The molecule has 0 atom stereocenters. The van der Waals surface area contributed by atoms with Crippen LogP contribution < -0.4 is 11.1 Å². The molecule has 5 aromatic carbocycles. The predicted molar refractivity (Wildman–Crippen MR) is 172 cm³/mol. The molecule has 8 heteroatoms. The van der Waals surface area contributed by atoms with E-state index in [2.05, 4.69) is 0 Å². The van der Waals surface area contributed by atoms with Gasteiger partial charge >= 0.3 is 0 Å². The molecule has 0 aliphatic rings. The van der Waals surface area contributed by atoms with Crippen LogP contribution in [0.25, 0.3) is 67.4 Å². The van der Waals surface area contributed by atoms with Crippen LogP contribution in [0.3, 0.4) is 0 Å². The first-order valence-electron chi connectivity index (χ1n) is 14.1. The lowest BCUT2D eigenvalue weighted by atomic mass is 10.1. The number of rotatable bonds is 4. The van der Waals surface area contributed by atoms with E-state index in [1.54, 1.807) is 30.3 Å². The van der Waals surface area contributed by atoms with Crippen LogP contribution in [-0.4, -0.2) is 28.9 Å². The molecule has 8 nitrogen and oxygen atoms in total. The topological polar surface area (TPSA) is 95.0 Å². The summed E-state index contributed by atoms with van der Waals surface area (Å²) in [6.07, 6.45) is 0. The maximum Gasteiger partial charge on any atom is 0.267 e. The van der Waals surface area contributed by atoms with Crippen LogP contribution in [0.4, 0.5) is 0 Å². The van der Waals surface area contributed by atoms with E-state index in [0.717, 1.165) is 11.1 Å². The quantitative estimate of drug-likeness (QED) is 0.181. The van der Waals surface area contributed by atoms with Crippen LogP contribution in [0.5, 0.6) is 0 Å². The van der Waals surface area contributed by atoms with Crippen molar-refractivity contribution in [2.45, 2.75) is 0 Å². The number of nitrogens with zero attached hydrogens (tertiary/aromatic N) is 6. The van der Waals surface area contributed by atoms with Gasteiger partial charge in [0.15, 0.2) is 17.5 Å². The van der Waals surface area contributed by atoms with Gasteiger partial charge in [0.1, 0.15) is 0 Å². The summed E-state index contributed by atoms with van der Waals surface area (Å²) in [5.41, 5.74) is 3.40. The zero-order chi connectivity index (χ0) is 29.6. The number of aromatic nitrogens is 6. The van der Waals surface area contributed by atoms with Crippen LogP contribution >= 0.6 is 0 Å². The molecule has 0 saturated carbocycles. The number of benzene rings is 5. The van der Waals surface area contributed by atoms with Gasteiger partial charge in [-0.15, -0.1) is 0 Å². The molecule has 0 spiro atoms. The first-order chi connectivity index (χ1) is 21.7. The monoisotopic (exact) mass is 570 g/mol. The Morgan fingerprint density at radius 2 is 1.00 bits per heavy atom. The smallest absolute Gasteiger partial charge is 0.267 e. The summed E-state index contributed by atoms with van der Waals surface area (Å²) < 4.78 is 2.99. The van der Waals surface area contributed by atoms with E-state index in [0.29, 0.717) is 50.5 Å². The molecule has 0 unspecified atom stereocenters. The van der Waals surface area contributed by atoms with Crippen LogP contribution in [0.1, 0.15) is 0 Å². The Morgan fingerprint density at radius 1 is 0.455 bits per heavy atom. The zero-order valence-corrected chi connectivity index (χ0v) is 23.2. The van der Waals surface area contributed by atoms with Crippen molar-refractivity contribution in [3.8, 4) is 39.9 Å². The molecule has 8 rings (SSSR count). The van der Waals surface area contributed by atoms with E-state index in [1.165, 1.54) is 8.97 Å². The van der Waals surface area contributed by atoms with Gasteiger partial charge in [-0.1, -0.05) is 97.1 Å². The average Bonchev–Trinajstić information content (AvgIpc) is 3.09. The first kappa shape index (κ1) is 25.4. The van der Waals surface area contributed by atoms with Gasteiger partial charge in [-0.05, 0) is 36.4 Å². The highest BCUT2D eigenvalue weighted by Gasteiger charge is 2.18. The SMILES string of the molecule is O=c1c2ccccc2n2c(=O)c3ccccc3nc2n1-c1cccc(-c2nc(-c3ccccc3)nc(-c3ccccc3)n2)c1. The minimum atomic E-state index is -0.287. The molecule has 3 heterocycles. The fourth-order valence-electron chi connectivity index (χ4n) is 5.50. The summed E-state index contributed by atoms with van der Waals surface area (Å²) in [5, 5.41) is 0.878. The molecule has 0 bridgehead atoms. The second-order valence-electron chi connectivity index (χ2n) is 10.3.